The number of carboxylic acids is 1. The van der Waals surface area contributed by atoms with Gasteiger partial charge in [0.2, 0.25) is 11.8 Å². The molecule has 1 heterocycles. The van der Waals surface area contributed by atoms with E-state index in [0.717, 1.165) is 10.4 Å². The number of anilines is 1. The Balaban J connectivity index is 2.63. The van der Waals surface area contributed by atoms with Gasteiger partial charge in [-0.1, -0.05) is 6.92 Å². The monoisotopic (exact) mass is 354 g/mol. The fourth-order valence-electron chi connectivity index (χ4n) is 2.64. The number of aryl methyl sites for hydroxylation is 1. The largest absolute Gasteiger partial charge is 0.478 e. The Labute approximate surface area is 146 Å². The first kappa shape index (κ1) is 20.2. The van der Waals surface area contributed by atoms with Crippen LogP contribution >= 0.6 is 11.3 Å². The van der Waals surface area contributed by atoms with Crippen molar-refractivity contribution < 1.29 is 19.5 Å². The number of carboxylic acid groups (broad SMARTS) is 1. The zero-order chi connectivity index (χ0) is 18.3. The van der Waals surface area contributed by atoms with Gasteiger partial charge in [-0.05, 0) is 39.2 Å². The first-order chi connectivity index (χ1) is 11.3. The highest BCUT2D eigenvalue weighted by Crippen LogP contribution is 2.33. The van der Waals surface area contributed by atoms with Gasteiger partial charge in [0.15, 0.2) is 0 Å². The predicted octanol–water partition coefficient (Wildman–Crippen LogP) is 3.29. The summed E-state index contributed by atoms with van der Waals surface area (Å²) in [6.07, 6.45) is 1.59. The third-order valence-corrected chi connectivity index (χ3v) is 5.00. The number of thiophene rings is 1. The molecule has 2 amide bonds. The van der Waals surface area contributed by atoms with Crippen LogP contribution in [-0.2, 0) is 16.0 Å². The molecule has 2 N–H and O–H groups in total. The molecule has 0 saturated heterocycles. The van der Waals surface area contributed by atoms with Gasteiger partial charge in [0.25, 0.3) is 0 Å². The Morgan fingerprint density at radius 2 is 1.75 bits per heavy atom. The van der Waals surface area contributed by atoms with Gasteiger partial charge in [0, 0.05) is 30.8 Å². The number of nitrogens with one attached hydrogen (secondary N) is 1. The van der Waals surface area contributed by atoms with Crippen molar-refractivity contribution in [3.63, 3.8) is 0 Å². The molecule has 0 aliphatic rings. The first-order valence-corrected chi connectivity index (χ1v) is 9.10. The van der Waals surface area contributed by atoms with Crippen molar-refractivity contribution in [3.8, 4) is 0 Å². The molecule has 0 unspecified atom stereocenters. The van der Waals surface area contributed by atoms with Gasteiger partial charge >= 0.3 is 5.97 Å². The van der Waals surface area contributed by atoms with Crippen molar-refractivity contribution in [2.75, 3.05) is 18.4 Å². The number of hydrogen-bond acceptors (Lipinski definition) is 4. The van der Waals surface area contributed by atoms with E-state index in [-0.39, 0.29) is 23.8 Å². The zero-order valence-corrected chi connectivity index (χ0v) is 15.6. The van der Waals surface area contributed by atoms with Crippen LogP contribution in [0.25, 0.3) is 0 Å². The van der Waals surface area contributed by atoms with Gasteiger partial charge in [-0.15, -0.1) is 11.3 Å². The Kier molecular flexibility index (Phi) is 7.91. The molecule has 0 aromatic carbocycles. The number of rotatable bonds is 9. The minimum atomic E-state index is -1.02. The van der Waals surface area contributed by atoms with Crippen molar-refractivity contribution in [3.05, 3.63) is 16.0 Å². The second-order valence-corrected chi connectivity index (χ2v) is 6.69. The van der Waals surface area contributed by atoms with Gasteiger partial charge < -0.3 is 15.3 Å². The van der Waals surface area contributed by atoms with E-state index in [1.165, 1.54) is 11.3 Å². The maximum atomic E-state index is 12.1. The maximum absolute atomic E-state index is 12.1. The summed E-state index contributed by atoms with van der Waals surface area (Å²) in [4.78, 5) is 38.0. The predicted molar refractivity (Wildman–Crippen MR) is 95.8 cm³/mol. The molecule has 0 radical (unpaired) electrons. The van der Waals surface area contributed by atoms with Crippen molar-refractivity contribution in [2.24, 2.45) is 0 Å². The number of hydrogen-bond donors (Lipinski definition) is 2. The Hall–Kier alpha value is -1.89. The molecule has 0 atom stereocenters. The molecule has 6 nitrogen and oxygen atoms in total. The minimum absolute atomic E-state index is 0.0410. The van der Waals surface area contributed by atoms with Crippen molar-refractivity contribution in [1.82, 2.24) is 4.90 Å². The van der Waals surface area contributed by atoms with Crippen molar-refractivity contribution in [1.29, 1.82) is 0 Å². The average Bonchev–Trinajstić information content (AvgIpc) is 2.83. The fourth-order valence-corrected chi connectivity index (χ4v) is 3.80. The van der Waals surface area contributed by atoms with Crippen LogP contribution in [0, 0.1) is 6.92 Å². The van der Waals surface area contributed by atoms with Crippen LogP contribution < -0.4 is 5.32 Å². The summed E-state index contributed by atoms with van der Waals surface area (Å²) in [7, 11) is 0. The molecule has 0 saturated carbocycles. The number of aromatic carboxylic acids is 1. The van der Waals surface area contributed by atoms with E-state index in [1.807, 2.05) is 27.7 Å². The standard InChI is InChI=1S/C17H26N2O4S/c1-5-12-11(4)24-16(15(12)17(22)23)18-13(20)9-8-10-14(21)19(6-2)7-3/h5-10H2,1-4H3,(H,18,20)(H,22,23). The highest BCUT2D eigenvalue weighted by atomic mass is 32.1. The second-order valence-electron chi connectivity index (χ2n) is 5.47. The SMILES string of the molecule is CCc1c(C)sc(NC(=O)CCCC(=O)N(CC)CC)c1C(=O)O. The normalized spacial score (nSPS) is 10.5. The van der Waals surface area contributed by atoms with Crippen LogP contribution in [-0.4, -0.2) is 40.9 Å². The van der Waals surface area contributed by atoms with E-state index in [1.54, 1.807) is 4.90 Å². The van der Waals surface area contributed by atoms with Crippen LogP contribution in [0.5, 0.6) is 0 Å². The molecule has 1 aromatic heterocycles. The summed E-state index contributed by atoms with van der Waals surface area (Å²) in [5.41, 5.74) is 0.951. The Morgan fingerprint density at radius 1 is 1.12 bits per heavy atom. The lowest BCUT2D eigenvalue weighted by Crippen LogP contribution is -2.30. The van der Waals surface area contributed by atoms with Crippen molar-refractivity contribution in [2.45, 2.75) is 53.4 Å². The van der Waals surface area contributed by atoms with Gasteiger partial charge in [0.05, 0.1) is 5.56 Å². The summed E-state index contributed by atoms with van der Waals surface area (Å²) >= 11 is 1.29. The Morgan fingerprint density at radius 3 is 2.25 bits per heavy atom. The highest BCUT2D eigenvalue weighted by Gasteiger charge is 2.21. The van der Waals surface area contributed by atoms with Gasteiger partial charge in [-0.3, -0.25) is 9.59 Å². The van der Waals surface area contributed by atoms with Crippen LogP contribution in [0.3, 0.4) is 0 Å². The molecule has 0 spiro atoms. The molecule has 1 aromatic rings. The van der Waals surface area contributed by atoms with E-state index in [0.29, 0.717) is 37.4 Å². The van der Waals surface area contributed by atoms with Crippen LogP contribution in [0.4, 0.5) is 5.00 Å². The molecule has 1 rings (SSSR count). The summed E-state index contributed by atoms with van der Waals surface area (Å²) in [5, 5.41) is 12.5. The Bertz CT molecular complexity index is 606. The van der Waals surface area contributed by atoms with Gasteiger partial charge in [-0.2, -0.15) is 0 Å². The zero-order valence-electron chi connectivity index (χ0n) is 14.8. The molecular formula is C17H26N2O4S. The molecule has 7 heteroatoms. The summed E-state index contributed by atoms with van der Waals surface area (Å²) < 4.78 is 0. The smallest absolute Gasteiger partial charge is 0.339 e. The average molecular weight is 354 g/mol. The highest BCUT2D eigenvalue weighted by molar-refractivity contribution is 7.16. The van der Waals surface area contributed by atoms with E-state index >= 15 is 0 Å². The fraction of sp³-hybridized carbons (Fsp3) is 0.588. The number of amides is 2. The third-order valence-electron chi connectivity index (χ3n) is 3.94. The van der Waals surface area contributed by atoms with E-state index in [9.17, 15) is 19.5 Å². The lowest BCUT2D eigenvalue weighted by Gasteiger charge is -2.18. The van der Waals surface area contributed by atoms with Crippen LogP contribution in [0.1, 0.15) is 60.8 Å². The van der Waals surface area contributed by atoms with E-state index in [2.05, 4.69) is 5.32 Å². The summed E-state index contributed by atoms with van der Waals surface area (Å²) in [6, 6.07) is 0. The van der Waals surface area contributed by atoms with Crippen LogP contribution in [0.15, 0.2) is 0 Å². The molecule has 0 fully saturated rings. The number of carbonyl (C=O) groups excluding carboxylic acids is 2. The topological polar surface area (TPSA) is 86.7 Å². The molecule has 0 bridgehead atoms. The molecule has 134 valence electrons. The van der Waals surface area contributed by atoms with Crippen molar-refractivity contribution >= 4 is 34.1 Å². The molecule has 0 aliphatic carbocycles. The second kappa shape index (κ2) is 9.42. The molecule has 0 aliphatic heterocycles. The quantitative estimate of drug-likeness (QED) is 0.712. The van der Waals surface area contributed by atoms with Crippen LogP contribution in [0.2, 0.25) is 0 Å². The van der Waals surface area contributed by atoms with E-state index in [4.69, 9.17) is 0 Å². The van der Waals surface area contributed by atoms with Gasteiger partial charge in [0.1, 0.15) is 5.00 Å². The maximum Gasteiger partial charge on any atom is 0.339 e. The van der Waals surface area contributed by atoms with E-state index < -0.39 is 5.97 Å². The lowest BCUT2D eigenvalue weighted by molar-refractivity contribution is -0.131. The number of nitrogens with zero attached hydrogens (tertiary/aromatic N) is 1. The minimum Gasteiger partial charge on any atom is -0.478 e. The molecular weight excluding hydrogens is 328 g/mol. The third kappa shape index (κ3) is 5.06. The first-order valence-electron chi connectivity index (χ1n) is 8.28. The molecule has 24 heavy (non-hydrogen) atoms. The van der Waals surface area contributed by atoms with Gasteiger partial charge in [-0.25, -0.2) is 4.79 Å². The summed E-state index contributed by atoms with van der Waals surface area (Å²) in [5.74, 6) is -1.24. The summed E-state index contributed by atoms with van der Waals surface area (Å²) in [6.45, 7) is 8.92. The lowest BCUT2D eigenvalue weighted by atomic mass is 10.1. The number of carbonyl (C=O) groups is 3.